The fourth-order valence-electron chi connectivity index (χ4n) is 3.43. The molecule has 0 spiro atoms. The Morgan fingerprint density at radius 2 is 2.23 bits per heavy atom. The van der Waals surface area contributed by atoms with Crippen LogP contribution in [0.25, 0.3) is 0 Å². The number of carbonyl (C=O) groups is 1. The molecule has 3 N–H and O–H groups in total. The van der Waals surface area contributed by atoms with Gasteiger partial charge in [-0.25, -0.2) is 0 Å². The molecule has 0 bridgehead atoms. The van der Waals surface area contributed by atoms with Crippen LogP contribution in [0.5, 0.6) is 0 Å². The van der Waals surface area contributed by atoms with E-state index in [1.54, 1.807) is 11.3 Å². The average molecular weight is 324 g/mol. The Bertz CT molecular complexity index is 445. The molecule has 1 aromatic heterocycles. The topological polar surface area (TPSA) is 58.4 Å². The lowest BCUT2D eigenvalue weighted by molar-refractivity contribution is -0.122. The third-order valence-electron chi connectivity index (χ3n) is 4.84. The van der Waals surface area contributed by atoms with Crippen LogP contribution < -0.4 is 11.1 Å². The van der Waals surface area contributed by atoms with Crippen molar-refractivity contribution >= 4 is 17.2 Å². The molecule has 1 amide bonds. The maximum absolute atomic E-state index is 12.2. The summed E-state index contributed by atoms with van der Waals surface area (Å²) in [6.45, 7) is 6.99. The first-order valence-electron chi connectivity index (χ1n) is 8.44. The summed E-state index contributed by atoms with van der Waals surface area (Å²) in [5.41, 5.74) is 7.36. The number of nitrogens with one attached hydrogen (secondary N) is 1. The molecule has 1 heterocycles. The van der Waals surface area contributed by atoms with Crippen molar-refractivity contribution in [3.63, 3.8) is 0 Å². The molecular formula is C17H29N3OS. The first-order chi connectivity index (χ1) is 10.7. The maximum Gasteiger partial charge on any atom is 0.220 e. The van der Waals surface area contributed by atoms with Crippen LogP contribution >= 0.6 is 11.3 Å². The molecule has 1 aliphatic rings. The normalized spacial score (nSPS) is 22.9. The SMILES string of the molecule is CCN(CC)C(CNC(=O)C[C@@H]1CCC[C@H]1N)c1ccsc1. The van der Waals surface area contributed by atoms with Crippen LogP contribution in [0.2, 0.25) is 0 Å². The van der Waals surface area contributed by atoms with Crippen LogP contribution in [0.15, 0.2) is 16.8 Å². The summed E-state index contributed by atoms with van der Waals surface area (Å²) >= 11 is 1.71. The summed E-state index contributed by atoms with van der Waals surface area (Å²) in [4.78, 5) is 14.6. The molecule has 1 fully saturated rings. The van der Waals surface area contributed by atoms with Crippen molar-refractivity contribution in [2.24, 2.45) is 11.7 Å². The van der Waals surface area contributed by atoms with Crippen molar-refractivity contribution in [2.75, 3.05) is 19.6 Å². The van der Waals surface area contributed by atoms with Crippen LogP contribution in [0, 0.1) is 5.92 Å². The average Bonchev–Trinajstić information content (AvgIpc) is 3.16. The zero-order chi connectivity index (χ0) is 15.9. The molecular weight excluding hydrogens is 294 g/mol. The quantitative estimate of drug-likeness (QED) is 0.773. The van der Waals surface area contributed by atoms with E-state index in [4.69, 9.17) is 5.73 Å². The van der Waals surface area contributed by atoms with Crippen molar-refractivity contribution in [1.82, 2.24) is 10.2 Å². The molecule has 0 aliphatic heterocycles. The van der Waals surface area contributed by atoms with E-state index >= 15 is 0 Å². The van der Waals surface area contributed by atoms with Crippen molar-refractivity contribution in [3.05, 3.63) is 22.4 Å². The Hall–Kier alpha value is -0.910. The molecule has 2 rings (SSSR count). The zero-order valence-electron chi connectivity index (χ0n) is 13.8. The van der Waals surface area contributed by atoms with Gasteiger partial charge in [0.15, 0.2) is 0 Å². The van der Waals surface area contributed by atoms with E-state index in [1.807, 2.05) is 0 Å². The lowest BCUT2D eigenvalue weighted by atomic mass is 10.00. The van der Waals surface area contributed by atoms with Crippen LogP contribution in [0.4, 0.5) is 0 Å². The first kappa shape index (κ1) is 17.4. The van der Waals surface area contributed by atoms with E-state index in [9.17, 15) is 4.79 Å². The second-order valence-electron chi connectivity index (χ2n) is 6.16. The molecule has 1 saturated carbocycles. The molecule has 0 saturated heterocycles. The third-order valence-corrected chi connectivity index (χ3v) is 5.54. The van der Waals surface area contributed by atoms with Crippen LogP contribution in [-0.4, -0.2) is 36.5 Å². The predicted octanol–water partition coefficient (Wildman–Crippen LogP) is 2.76. The molecule has 1 aromatic rings. The number of thiophene rings is 1. The fraction of sp³-hybridized carbons (Fsp3) is 0.706. The molecule has 124 valence electrons. The molecule has 3 atom stereocenters. The van der Waals surface area contributed by atoms with Gasteiger partial charge in [-0.15, -0.1) is 0 Å². The van der Waals surface area contributed by atoms with Gasteiger partial charge >= 0.3 is 0 Å². The Labute approximate surface area is 138 Å². The van der Waals surface area contributed by atoms with E-state index in [-0.39, 0.29) is 18.0 Å². The highest BCUT2D eigenvalue weighted by Crippen LogP contribution is 2.27. The summed E-state index contributed by atoms with van der Waals surface area (Å²) in [5, 5.41) is 7.42. The van der Waals surface area contributed by atoms with Crippen LogP contribution in [0.1, 0.15) is 51.1 Å². The van der Waals surface area contributed by atoms with Crippen molar-refractivity contribution in [1.29, 1.82) is 0 Å². The molecule has 1 aliphatic carbocycles. The minimum atomic E-state index is 0.148. The van der Waals surface area contributed by atoms with Gasteiger partial charge in [-0.3, -0.25) is 9.69 Å². The third kappa shape index (κ3) is 4.54. The first-order valence-corrected chi connectivity index (χ1v) is 9.38. The zero-order valence-corrected chi connectivity index (χ0v) is 14.6. The van der Waals surface area contributed by atoms with Gasteiger partial charge in [0.1, 0.15) is 0 Å². The lowest BCUT2D eigenvalue weighted by Gasteiger charge is -2.29. The second-order valence-corrected chi connectivity index (χ2v) is 6.94. The van der Waals surface area contributed by atoms with Crippen molar-refractivity contribution < 1.29 is 4.79 Å². The van der Waals surface area contributed by atoms with Gasteiger partial charge < -0.3 is 11.1 Å². The van der Waals surface area contributed by atoms with Gasteiger partial charge in [0.25, 0.3) is 0 Å². The van der Waals surface area contributed by atoms with E-state index in [0.717, 1.165) is 32.4 Å². The molecule has 0 aromatic carbocycles. The van der Waals surface area contributed by atoms with Gasteiger partial charge in [-0.1, -0.05) is 20.3 Å². The van der Waals surface area contributed by atoms with Gasteiger partial charge in [-0.2, -0.15) is 11.3 Å². The highest BCUT2D eigenvalue weighted by molar-refractivity contribution is 7.07. The highest BCUT2D eigenvalue weighted by atomic mass is 32.1. The summed E-state index contributed by atoms with van der Waals surface area (Å²) < 4.78 is 0. The molecule has 4 nitrogen and oxygen atoms in total. The number of likely N-dealkylation sites (N-methyl/N-ethyl adjacent to an activating group) is 1. The Balaban J connectivity index is 1.89. The Morgan fingerprint density at radius 3 is 2.77 bits per heavy atom. The van der Waals surface area contributed by atoms with E-state index in [0.29, 0.717) is 18.9 Å². The van der Waals surface area contributed by atoms with Gasteiger partial charge in [0, 0.05) is 19.0 Å². The van der Waals surface area contributed by atoms with Crippen molar-refractivity contribution in [2.45, 2.75) is 51.6 Å². The molecule has 5 heteroatoms. The summed E-state index contributed by atoms with van der Waals surface area (Å²) in [7, 11) is 0. The summed E-state index contributed by atoms with van der Waals surface area (Å²) in [5.74, 6) is 0.516. The highest BCUT2D eigenvalue weighted by Gasteiger charge is 2.26. The van der Waals surface area contributed by atoms with Crippen molar-refractivity contribution in [3.8, 4) is 0 Å². The largest absolute Gasteiger partial charge is 0.354 e. The molecule has 1 unspecified atom stereocenters. The number of amides is 1. The number of nitrogens with zero attached hydrogens (tertiary/aromatic N) is 1. The predicted molar refractivity (Wildman–Crippen MR) is 92.9 cm³/mol. The van der Waals surface area contributed by atoms with Crippen LogP contribution in [0.3, 0.4) is 0 Å². The number of rotatable bonds is 8. The van der Waals surface area contributed by atoms with E-state index < -0.39 is 0 Å². The van der Waals surface area contributed by atoms with Gasteiger partial charge in [0.05, 0.1) is 6.04 Å². The van der Waals surface area contributed by atoms with Crippen LogP contribution in [-0.2, 0) is 4.79 Å². The number of carbonyl (C=O) groups excluding carboxylic acids is 1. The second kappa shape index (κ2) is 8.65. The van der Waals surface area contributed by atoms with Gasteiger partial charge in [0.2, 0.25) is 5.91 Å². The molecule has 0 radical (unpaired) electrons. The summed E-state index contributed by atoms with van der Waals surface area (Å²) in [6, 6.07) is 2.64. The standard InChI is InChI=1S/C17H29N3OS/c1-3-20(4-2)16(14-8-9-22-12-14)11-19-17(21)10-13-6-5-7-15(13)18/h8-9,12-13,15-16H,3-7,10-11,18H2,1-2H3,(H,19,21)/t13-,15+,16?/m0/s1. The van der Waals surface area contributed by atoms with Gasteiger partial charge in [-0.05, 0) is 54.2 Å². The smallest absolute Gasteiger partial charge is 0.220 e. The van der Waals surface area contributed by atoms with E-state index in [2.05, 4.69) is 40.9 Å². The minimum absolute atomic E-state index is 0.148. The summed E-state index contributed by atoms with van der Waals surface area (Å²) in [6.07, 6.45) is 3.90. The molecule has 22 heavy (non-hydrogen) atoms. The number of hydrogen-bond donors (Lipinski definition) is 2. The Morgan fingerprint density at radius 1 is 1.45 bits per heavy atom. The maximum atomic E-state index is 12.2. The lowest BCUT2D eigenvalue weighted by Crippen LogP contribution is -2.39. The monoisotopic (exact) mass is 323 g/mol. The number of hydrogen-bond acceptors (Lipinski definition) is 4. The number of nitrogens with two attached hydrogens (primary N) is 1. The Kier molecular flexibility index (Phi) is 6.86. The minimum Gasteiger partial charge on any atom is -0.354 e. The fourth-order valence-corrected chi connectivity index (χ4v) is 4.13. The van der Waals surface area contributed by atoms with E-state index in [1.165, 1.54) is 5.56 Å².